The Bertz CT molecular complexity index is 1330. The van der Waals surface area contributed by atoms with Crippen molar-refractivity contribution in [2.75, 3.05) is 7.11 Å². The van der Waals surface area contributed by atoms with Gasteiger partial charge in [-0.15, -0.1) is 0 Å². The summed E-state index contributed by atoms with van der Waals surface area (Å²) in [7, 11) is 1.58. The van der Waals surface area contributed by atoms with Gasteiger partial charge in [-0.3, -0.25) is 0 Å². The van der Waals surface area contributed by atoms with Gasteiger partial charge in [-0.25, -0.2) is 10.4 Å². The molecule has 0 atom stereocenters. The van der Waals surface area contributed by atoms with Crippen molar-refractivity contribution >= 4 is 0 Å². The summed E-state index contributed by atoms with van der Waals surface area (Å²) >= 11 is 0. The molecule has 0 radical (unpaired) electrons. The zero-order valence-corrected chi connectivity index (χ0v) is 21.4. The fourth-order valence-corrected chi connectivity index (χ4v) is 4.85. The van der Waals surface area contributed by atoms with Gasteiger partial charge in [0, 0.05) is 6.54 Å². The van der Waals surface area contributed by atoms with Gasteiger partial charge in [0.05, 0.1) is 19.2 Å². The number of nitrogens with zero attached hydrogens (tertiary/aromatic N) is 1. The van der Waals surface area contributed by atoms with Gasteiger partial charge in [0.25, 0.3) is 0 Å². The van der Waals surface area contributed by atoms with Crippen molar-refractivity contribution < 1.29 is 9.84 Å². The first-order valence-corrected chi connectivity index (χ1v) is 12.8. The van der Waals surface area contributed by atoms with E-state index in [-0.39, 0.29) is 17.8 Å². The van der Waals surface area contributed by atoms with Gasteiger partial charge in [0.1, 0.15) is 0 Å². The maximum absolute atomic E-state index is 10.2. The van der Waals surface area contributed by atoms with Crippen LogP contribution in [-0.2, 0) is 6.54 Å². The van der Waals surface area contributed by atoms with Gasteiger partial charge >= 0.3 is 0 Å². The van der Waals surface area contributed by atoms with Crippen molar-refractivity contribution in [3.8, 4) is 11.5 Å². The first kappa shape index (κ1) is 25.3. The first-order chi connectivity index (χ1) is 18.7. The summed E-state index contributed by atoms with van der Waals surface area (Å²) in [6, 6.07) is 47.5. The predicted octanol–water partition coefficient (Wildman–Crippen LogP) is 7.29. The van der Waals surface area contributed by atoms with E-state index < -0.39 is 0 Å². The third-order valence-electron chi connectivity index (χ3n) is 6.70. The summed E-state index contributed by atoms with van der Waals surface area (Å²) in [4.78, 5) is 0. The highest BCUT2D eigenvalue weighted by atomic mass is 16.5. The Labute approximate surface area is 224 Å². The molecular weight excluding hydrogens is 468 g/mol. The zero-order chi connectivity index (χ0) is 26.2. The van der Waals surface area contributed by atoms with Gasteiger partial charge in [-0.1, -0.05) is 127 Å². The molecule has 4 nitrogen and oxygen atoms in total. The molecule has 0 fully saturated rings. The summed E-state index contributed by atoms with van der Waals surface area (Å²) in [6.07, 6.45) is 0. The Kier molecular flexibility index (Phi) is 8.14. The SMILES string of the molecule is COc1cc(CN(NC(c2ccccc2)c2ccccc2)C(c2ccccc2)c2ccccc2)ccc1O. The maximum Gasteiger partial charge on any atom is 0.160 e. The molecule has 0 saturated heterocycles. The molecule has 0 unspecified atom stereocenters. The molecule has 5 rings (SSSR count). The smallest absolute Gasteiger partial charge is 0.160 e. The summed E-state index contributed by atoms with van der Waals surface area (Å²) in [5.41, 5.74) is 9.63. The maximum atomic E-state index is 10.2. The van der Waals surface area contributed by atoms with Gasteiger partial charge < -0.3 is 9.84 Å². The first-order valence-electron chi connectivity index (χ1n) is 12.8. The van der Waals surface area contributed by atoms with Crippen LogP contribution in [0.3, 0.4) is 0 Å². The second-order valence-corrected chi connectivity index (χ2v) is 9.24. The fraction of sp³-hybridized carbons (Fsp3) is 0.118. The molecule has 38 heavy (non-hydrogen) atoms. The Balaban J connectivity index is 1.63. The lowest BCUT2D eigenvalue weighted by Gasteiger charge is -2.36. The second-order valence-electron chi connectivity index (χ2n) is 9.24. The quantitative estimate of drug-likeness (QED) is 0.198. The Morgan fingerprint density at radius 2 is 1.08 bits per heavy atom. The third kappa shape index (κ3) is 5.94. The molecule has 0 aliphatic rings. The van der Waals surface area contributed by atoms with Crippen LogP contribution < -0.4 is 10.2 Å². The van der Waals surface area contributed by atoms with Crippen LogP contribution >= 0.6 is 0 Å². The van der Waals surface area contributed by atoms with Crippen LogP contribution in [0.2, 0.25) is 0 Å². The molecule has 190 valence electrons. The summed E-state index contributed by atoms with van der Waals surface area (Å²) in [5.74, 6) is 0.589. The summed E-state index contributed by atoms with van der Waals surface area (Å²) < 4.78 is 5.43. The minimum Gasteiger partial charge on any atom is -0.504 e. The van der Waals surface area contributed by atoms with Crippen LogP contribution in [0.1, 0.15) is 39.9 Å². The summed E-state index contributed by atoms with van der Waals surface area (Å²) in [6.45, 7) is 0.571. The van der Waals surface area contributed by atoms with Crippen molar-refractivity contribution in [2.45, 2.75) is 18.6 Å². The van der Waals surface area contributed by atoms with Crippen LogP contribution in [0.25, 0.3) is 0 Å². The number of nitrogens with one attached hydrogen (secondary N) is 1. The molecule has 4 heteroatoms. The number of hydrogen-bond donors (Lipinski definition) is 2. The fourth-order valence-electron chi connectivity index (χ4n) is 4.85. The average molecular weight is 501 g/mol. The third-order valence-corrected chi connectivity index (χ3v) is 6.70. The topological polar surface area (TPSA) is 44.7 Å². The lowest BCUT2D eigenvalue weighted by atomic mass is 9.96. The van der Waals surface area contributed by atoms with E-state index in [9.17, 15) is 5.11 Å². The van der Waals surface area contributed by atoms with Crippen LogP contribution in [-0.4, -0.2) is 17.2 Å². The molecule has 0 spiro atoms. The van der Waals surface area contributed by atoms with E-state index in [1.54, 1.807) is 13.2 Å². The highest BCUT2D eigenvalue weighted by Gasteiger charge is 2.27. The number of phenols is 1. The molecule has 5 aromatic carbocycles. The normalized spacial score (nSPS) is 11.3. The largest absolute Gasteiger partial charge is 0.504 e. The van der Waals surface area contributed by atoms with Crippen LogP contribution in [0.4, 0.5) is 0 Å². The number of benzene rings is 5. The molecule has 0 amide bonds. The molecule has 0 bridgehead atoms. The van der Waals surface area contributed by atoms with Gasteiger partial charge in [0.15, 0.2) is 11.5 Å². The molecule has 0 aromatic heterocycles. The van der Waals surface area contributed by atoms with E-state index in [1.807, 2.05) is 36.4 Å². The molecular formula is C34H32N2O2. The monoisotopic (exact) mass is 500 g/mol. The van der Waals surface area contributed by atoms with Crippen LogP contribution in [0, 0.1) is 0 Å². The number of aromatic hydroxyl groups is 1. The van der Waals surface area contributed by atoms with Gasteiger partial charge in [-0.05, 0) is 39.9 Å². The number of hydrogen-bond acceptors (Lipinski definition) is 4. The summed E-state index contributed by atoms with van der Waals surface area (Å²) in [5, 5.41) is 12.5. The van der Waals surface area contributed by atoms with Crippen molar-refractivity contribution in [3.63, 3.8) is 0 Å². The average Bonchev–Trinajstić information content (AvgIpc) is 2.99. The second kappa shape index (κ2) is 12.2. The number of methoxy groups -OCH3 is 1. The highest BCUT2D eigenvalue weighted by Crippen LogP contribution is 2.33. The van der Waals surface area contributed by atoms with Crippen LogP contribution in [0.5, 0.6) is 11.5 Å². The number of rotatable bonds is 10. The van der Waals surface area contributed by atoms with Gasteiger partial charge in [0.2, 0.25) is 0 Å². The van der Waals surface area contributed by atoms with E-state index in [2.05, 4.69) is 107 Å². The molecule has 5 aromatic rings. The molecule has 0 aliphatic heterocycles. The van der Waals surface area contributed by atoms with E-state index >= 15 is 0 Å². The van der Waals surface area contributed by atoms with E-state index in [0.29, 0.717) is 12.3 Å². The van der Waals surface area contributed by atoms with E-state index in [4.69, 9.17) is 4.74 Å². The van der Waals surface area contributed by atoms with Crippen molar-refractivity contribution in [2.24, 2.45) is 0 Å². The molecule has 0 saturated carbocycles. The number of phenolic OH excluding ortho intramolecular Hbond substituents is 1. The number of hydrazine groups is 1. The lowest BCUT2D eigenvalue weighted by molar-refractivity contribution is 0.119. The number of ether oxygens (including phenoxy) is 1. The minimum absolute atomic E-state index is 0.0767. The standard InChI is InChI=1S/C34H32N2O2/c1-38-32-24-26(22-23-31(32)37)25-36(34(29-18-10-4-11-19-29)30-20-12-5-13-21-30)35-33(27-14-6-2-7-15-27)28-16-8-3-9-17-28/h2-24,33-35,37H,25H2,1H3. The molecule has 0 aliphatic carbocycles. The van der Waals surface area contributed by atoms with Crippen molar-refractivity contribution in [1.29, 1.82) is 0 Å². The van der Waals surface area contributed by atoms with Crippen LogP contribution in [0.15, 0.2) is 140 Å². The molecule has 0 heterocycles. The Morgan fingerprint density at radius 1 is 0.632 bits per heavy atom. The van der Waals surface area contributed by atoms with E-state index in [0.717, 1.165) is 5.56 Å². The van der Waals surface area contributed by atoms with E-state index in [1.165, 1.54) is 22.3 Å². The lowest BCUT2D eigenvalue weighted by Crippen LogP contribution is -2.43. The van der Waals surface area contributed by atoms with Crippen molar-refractivity contribution in [1.82, 2.24) is 10.4 Å². The van der Waals surface area contributed by atoms with Gasteiger partial charge in [-0.2, -0.15) is 0 Å². The highest BCUT2D eigenvalue weighted by molar-refractivity contribution is 5.42. The predicted molar refractivity (Wildman–Crippen MR) is 153 cm³/mol. The minimum atomic E-state index is -0.0775. The molecule has 2 N–H and O–H groups in total. The zero-order valence-electron chi connectivity index (χ0n) is 21.4. The van der Waals surface area contributed by atoms with Crippen molar-refractivity contribution in [3.05, 3.63) is 167 Å². The Hall–Kier alpha value is -4.38. The Morgan fingerprint density at radius 3 is 1.53 bits per heavy atom.